The molecule has 0 unspecified atom stereocenters. The van der Waals surface area contributed by atoms with E-state index in [0.717, 1.165) is 35.2 Å². The van der Waals surface area contributed by atoms with E-state index in [9.17, 15) is 4.79 Å². The zero-order valence-corrected chi connectivity index (χ0v) is 14.4. The lowest BCUT2D eigenvalue weighted by atomic mass is 10.2. The lowest BCUT2D eigenvalue weighted by Crippen LogP contribution is -2.26. The van der Waals surface area contributed by atoms with Crippen molar-refractivity contribution < 1.29 is 4.79 Å². The van der Waals surface area contributed by atoms with E-state index >= 15 is 0 Å². The number of rotatable bonds is 4. The Hall–Kier alpha value is -1.88. The number of thiazole rings is 1. The smallest absolute Gasteiger partial charge is 0.230 e. The van der Waals surface area contributed by atoms with Crippen LogP contribution in [0, 0.1) is 6.92 Å². The van der Waals surface area contributed by atoms with Crippen molar-refractivity contribution >= 4 is 28.6 Å². The van der Waals surface area contributed by atoms with E-state index in [-0.39, 0.29) is 5.91 Å². The van der Waals surface area contributed by atoms with E-state index in [2.05, 4.69) is 21.3 Å². The lowest BCUT2D eigenvalue weighted by Gasteiger charge is -2.25. The molecule has 0 aliphatic carbocycles. The minimum absolute atomic E-state index is 0.00225. The van der Waals surface area contributed by atoms with Crippen molar-refractivity contribution in [1.29, 1.82) is 0 Å². The maximum Gasteiger partial charge on any atom is 0.230 e. The molecule has 1 aliphatic rings. The van der Waals surface area contributed by atoms with Gasteiger partial charge in [0.25, 0.3) is 0 Å². The number of aryl methyl sites for hydroxylation is 1. The number of benzene rings is 1. The molecule has 1 N–H and O–H groups in total. The molecule has 1 aliphatic heterocycles. The highest BCUT2D eigenvalue weighted by Gasteiger charge is 2.15. The average Bonchev–Trinajstić information content (AvgIpc) is 2.78. The fraction of sp³-hybridized carbons (Fsp3) is 0.444. The molecule has 5 heteroatoms. The molecule has 1 amide bonds. The Morgan fingerprint density at radius 3 is 2.65 bits per heavy atom. The molecule has 2 heterocycles. The molecule has 1 aromatic carbocycles. The number of aromatic nitrogens is 1. The number of amides is 1. The molecule has 122 valence electrons. The van der Waals surface area contributed by atoms with E-state index in [1.54, 1.807) is 11.3 Å². The van der Waals surface area contributed by atoms with Gasteiger partial charge in [-0.25, -0.2) is 4.98 Å². The highest BCUT2D eigenvalue weighted by atomic mass is 32.1. The number of hydrogen-bond donors (Lipinski definition) is 1. The Labute approximate surface area is 141 Å². The normalized spacial score (nSPS) is 15.3. The number of hydrogen-bond acceptors (Lipinski definition) is 4. The Morgan fingerprint density at radius 2 is 1.96 bits per heavy atom. The van der Waals surface area contributed by atoms with Crippen molar-refractivity contribution in [3.63, 3.8) is 0 Å². The molecule has 0 saturated carbocycles. The summed E-state index contributed by atoms with van der Waals surface area (Å²) in [5.74, 6) is -0.00225. The molecular weight excluding hydrogens is 306 g/mol. The summed E-state index contributed by atoms with van der Waals surface area (Å²) in [6.45, 7) is 4.09. The quantitative estimate of drug-likeness (QED) is 0.921. The van der Waals surface area contributed by atoms with Crippen LogP contribution in [0.5, 0.6) is 0 Å². The van der Waals surface area contributed by atoms with Gasteiger partial charge in [-0.2, -0.15) is 0 Å². The summed E-state index contributed by atoms with van der Waals surface area (Å²) in [6.07, 6.45) is 5.38. The van der Waals surface area contributed by atoms with E-state index in [0.29, 0.717) is 6.42 Å². The van der Waals surface area contributed by atoms with Gasteiger partial charge in [0.05, 0.1) is 28.5 Å². The topological polar surface area (TPSA) is 45.2 Å². The third-order valence-electron chi connectivity index (χ3n) is 4.13. The van der Waals surface area contributed by atoms with Crippen LogP contribution < -0.4 is 10.2 Å². The van der Waals surface area contributed by atoms with Crippen LogP contribution in [0.3, 0.4) is 0 Å². The molecule has 3 rings (SSSR count). The first-order chi connectivity index (χ1) is 11.2. The van der Waals surface area contributed by atoms with Crippen LogP contribution in [0.25, 0.3) is 0 Å². The summed E-state index contributed by atoms with van der Waals surface area (Å²) in [5, 5.41) is 6.02. The fourth-order valence-corrected chi connectivity index (χ4v) is 3.63. The van der Waals surface area contributed by atoms with Crippen molar-refractivity contribution in [2.24, 2.45) is 0 Å². The zero-order valence-electron chi connectivity index (χ0n) is 13.5. The van der Waals surface area contributed by atoms with Gasteiger partial charge in [0.2, 0.25) is 5.91 Å². The van der Waals surface area contributed by atoms with Crippen LogP contribution in [0.1, 0.15) is 36.4 Å². The van der Waals surface area contributed by atoms with Crippen molar-refractivity contribution in [2.75, 3.05) is 23.3 Å². The number of anilines is 2. The van der Waals surface area contributed by atoms with Crippen LogP contribution >= 0.6 is 11.3 Å². The summed E-state index contributed by atoms with van der Waals surface area (Å²) in [7, 11) is 0. The van der Waals surface area contributed by atoms with E-state index in [1.165, 1.54) is 25.7 Å². The van der Waals surface area contributed by atoms with Gasteiger partial charge < -0.3 is 10.2 Å². The lowest BCUT2D eigenvalue weighted by molar-refractivity contribution is -0.115. The number of carbonyl (C=O) groups excluding carboxylic acids is 1. The second kappa shape index (κ2) is 7.59. The summed E-state index contributed by atoms with van der Waals surface area (Å²) in [4.78, 5) is 19.1. The third kappa shape index (κ3) is 4.32. The van der Waals surface area contributed by atoms with Gasteiger partial charge in [-0.05, 0) is 31.9 Å². The fourth-order valence-electron chi connectivity index (χ4n) is 3.02. The minimum Gasteiger partial charge on any atom is -0.370 e. The maximum atomic E-state index is 12.3. The number of nitrogens with zero attached hydrogens (tertiary/aromatic N) is 2. The molecule has 0 spiro atoms. The van der Waals surface area contributed by atoms with Crippen LogP contribution in [0.2, 0.25) is 0 Å². The molecular formula is C18H23N3OS. The summed E-state index contributed by atoms with van der Waals surface area (Å²) >= 11 is 1.58. The molecule has 23 heavy (non-hydrogen) atoms. The largest absolute Gasteiger partial charge is 0.370 e. The van der Waals surface area contributed by atoms with Gasteiger partial charge in [-0.15, -0.1) is 11.3 Å². The monoisotopic (exact) mass is 329 g/mol. The molecule has 1 saturated heterocycles. The second-order valence-corrected chi connectivity index (χ2v) is 7.06. The molecule has 2 aromatic rings. The van der Waals surface area contributed by atoms with Gasteiger partial charge in [0.15, 0.2) is 0 Å². The predicted molar refractivity (Wildman–Crippen MR) is 96.3 cm³/mol. The second-order valence-electron chi connectivity index (χ2n) is 6.00. The van der Waals surface area contributed by atoms with Crippen LogP contribution in [-0.2, 0) is 11.2 Å². The standard InChI is InChI=1S/C18H23N3OS/c1-14-19-15(13-23-14)12-18(22)20-16-8-4-5-9-17(16)21-10-6-2-3-7-11-21/h4-5,8-9,13H,2-3,6-7,10-12H2,1H3,(H,20,22). The Kier molecular flexibility index (Phi) is 5.28. The Balaban J connectivity index is 1.70. The van der Waals surface area contributed by atoms with Gasteiger partial charge in [0.1, 0.15) is 0 Å². The van der Waals surface area contributed by atoms with Gasteiger partial charge in [-0.3, -0.25) is 4.79 Å². The predicted octanol–water partition coefficient (Wildman–Crippen LogP) is 4.01. The van der Waals surface area contributed by atoms with Crippen molar-refractivity contribution in [3.8, 4) is 0 Å². The van der Waals surface area contributed by atoms with E-state index in [1.807, 2.05) is 30.5 Å². The molecule has 4 nitrogen and oxygen atoms in total. The van der Waals surface area contributed by atoms with Crippen LogP contribution in [0.15, 0.2) is 29.6 Å². The summed E-state index contributed by atoms with van der Waals surface area (Å²) in [6, 6.07) is 8.11. The van der Waals surface area contributed by atoms with Crippen molar-refractivity contribution in [1.82, 2.24) is 4.98 Å². The maximum absolute atomic E-state index is 12.3. The molecule has 0 bridgehead atoms. The van der Waals surface area contributed by atoms with Gasteiger partial charge in [-0.1, -0.05) is 25.0 Å². The van der Waals surface area contributed by atoms with Crippen molar-refractivity contribution in [3.05, 3.63) is 40.3 Å². The van der Waals surface area contributed by atoms with Gasteiger partial charge in [0, 0.05) is 18.5 Å². The van der Waals surface area contributed by atoms with Crippen LogP contribution in [-0.4, -0.2) is 24.0 Å². The SMILES string of the molecule is Cc1nc(CC(=O)Nc2ccccc2N2CCCCCC2)cs1. The summed E-state index contributed by atoms with van der Waals surface area (Å²) in [5.41, 5.74) is 2.89. The van der Waals surface area contributed by atoms with E-state index in [4.69, 9.17) is 0 Å². The first kappa shape index (κ1) is 16.0. The first-order valence-corrected chi connectivity index (χ1v) is 9.15. The summed E-state index contributed by atoms with van der Waals surface area (Å²) < 4.78 is 0. The molecule has 1 aromatic heterocycles. The number of carbonyl (C=O) groups is 1. The van der Waals surface area contributed by atoms with E-state index < -0.39 is 0 Å². The highest BCUT2D eigenvalue weighted by Crippen LogP contribution is 2.28. The third-order valence-corrected chi connectivity index (χ3v) is 4.96. The molecule has 1 fully saturated rings. The first-order valence-electron chi connectivity index (χ1n) is 8.27. The average molecular weight is 329 g/mol. The minimum atomic E-state index is -0.00225. The Morgan fingerprint density at radius 1 is 1.22 bits per heavy atom. The highest BCUT2D eigenvalue weighted by molar-refractivity contribution is 7.09. The number of nitrogens with one attached hydrogen (secondary N) is 1. The molecule has 0 radical (unpaired) electrons. The Bertz CT molecular complexity index is 660. The van der Waals surface area contributed by atoms with Crippen molar-refractivity contribution in [2.45, 2.75) is 39.0 Å². The molecule has 0 atom stereocenters. The zero-order chi connectivity index (χ0) is 16.1. The van der Waals surface area contributed by atoms with Gasteiger partial charge >= 0.3 is 0 Å². The number of para-hydroxylation sites is 2. The van der Waals surface area contributed by atoms with Crippen LogP contribution in [0.4, 0.5) is 11.4 Å².